The third-order valence-electron chi connectivity index (χ3n) is 4.10. The first kappa shape index (κ1) is 24.6. The Labute approximate surface area is 175 Å². The predicted molar refractivity (Wildman–Crippen MR) is 110 cm³/mol. The van der Waals surface area contributed by atoms with Crippen LogP contribution < -0.4 is 0 Å². The number of hydrogen-bond donors (Lipinski definition) is 1. The first-order valence-electron chi connectivity index (χ1n) is 9.50. The second-order valence-electron chi connectivity index (χ2n) is 7.31. The van der Waals surface area contributed by atoms with Gasteiger partial charge in [0, 0.05) is 11.8 Å². The maximum absolute atomic E-state index is 12.2. The second-order valence-corrected chi connectivity index (χ2v) is 8.30. The molecule has 158 valence electrons. The van der Waals surface area contributed by atoms with Crippen molar-refractivity contribution >= 4 is 27.9 Å². The van der Waals surface area contributed by atoms with Gasteiger partial charge in [-0.1, -0.05) is 74.0 Å². The molecule has 0 aliphatic carbocycles. The van der Waals surface area contributed by atoms with Crippen molar-refractivity contribution in [2.75, 3.05) is 26.4 Å². The van der Waals surface area contributed by atoms with Crippen LogP contribution in [-0.2, 0) is 23.8 Å². The number of rotatable bonds is 12. The predicted octanol–water partition coefficient (Wildman–Crippen LogP) is 3.31. The molecule has 0 saturated heterocycles. The Bertz CT molecular complexity index is 592. The summed E-state index contributed by atoms with van der Waals surface area (Å²) in [4.78, 5) is 23.2. The van der Waals surface area contributed by atoms with Crippen LogP contribution in [0.5, 0.6) is 0 Å². The van der Waals surface area contributed by atoms with E-state index in [9.17, 15) is 14.7 Å². The van der Waals surface area contributed by atoms with Gasteiger partial charge in [-0.15, -0.1) is 0 Å². The number of carbonyl (C=O) groups excluding carboxylic acids is 2. The zero-order chi connectivity index (χ0) is 21.1. The van der Waals surface area contributed by atoms with Crippen LogP contribution in [0.15, 0.2) is 30.3 Å². The molecule has 1 aromatic carbocycles. The fourth-order valence-electron chi connectivity index (χ4n) is 2.28. The Kier molecular flexibility index (Phi) is 11.3. The smallest absolute Gasteiger partial charge is 0.320 e. The molecule has 0 spiro atoms. The topological polar surface area (TPSA) is 82.1 Å². The molecule has 6 nitrogen and oxygen atoms in total. The normalized spacial score (nSPS) is 15.5. The Morgan fingerprint density at radius 2 is 1.54 bits per heavy atom. The van der Waals surface area contributed by atoms with Crippen LogP contribution in [-0.4, -0.2) is 54.4 Å². The summed E-state index contributed by atoms with van der Waals surface area (Å²) < 4.78 is 15.7. The van der Waals surface area contributed by atoms with Crippen molar-refractivity contribution in [3.63, 3.8) is 0 Å². The summed E-state index contributed by atoms with van der Waals surface area (Å²) >= 11 is 3.43. The van der Waals surface area contributed by atoms with Crippen LogP contribution in [0.1, 0.15) is 39.2 Å². The van der Waals surface area contributed by atoms with Crippen molar-refractivity contribution in [1.29, 1.82) is 0 Å². The van der Waals surface area contributed by atoms with Crippen LogP contribution in [0.25, 0.3) is 0 Å². The number of aliphatic hydroxyl groups is 1. The molecule has 0 aliphatic rings. The Morgan fingerprint density at radius 3 is 2.14 bits per heavy atom. The van der Waals surface area contributed by atoms with E-state index < -0.39 is 10.9 Å². The van der Waals surface area contributed by atoms with Crippen LogP contribution in [0.2, 0.25) is 0 Å². The van der Waals surface area contributed by atoms with Gasteiger partial charge in [0.25, 0.3) is 0 Å². The van der Waals surface area contributed by atoms with Gasteiger partial charge >= 0.3 is 11.9 Å². The summed E-state index contributed by atoms with van der Waals surface area (Å²) in [6.07, 6.45) is -0.879. The van der Waals surface area contributed by atoms with Gasteiger partial charge in [0.05, 0.1) is 25.7 Å². The van der Waals surface area contributed by atoms with E-state index in [1.807, 2.05) is 44.2 Å². The molecule has 28 heavy (non-hydrogen) atoms. The summed E-state index contributed by atoms with van der Waals surface area (Å²) in [5.74, 6) is -0.937. The second kappa shape index (κ2) is 12.9. The fraction of sp³-hybridized carbons (Fsp3) is 0.619. The number of esters is 2. The van der Waals surface area contributed by atoms with Crippen LogP contribution >= 0.6 is 15.9 Å². The lowest BCUT2D eigenvalue weighted by molar-refractivity contribution is -0.151. The lowest BCUT2D eigenvalue weighted by Crippen LogP contribution is -2.28. The van der Waals surface area contributed by atoms with E-state index in [0.29, 0.717) is 6.61 Å². The molecule has 4 atom stereocenters. The largest absolute Gasteiger partial charge is 0.464 e. The highest BCUT2D eigenvalue weighted by atomic mass is 79.9. The monoisotopic (exact) mass is 458 g/mol. The third-order valence-corrected chi connectivity index (χ3v) is 5.27. The summed E-state index contributed by atoms with van der Waals surface area (Å²) in [5.41, 5.74) is 1.06. The maximum atomic E-state index is 12.2. The minimum atomic E-state index is -0.879. The number of ether oxygens (including phenoxy) is 3. The highest BCUT2D eigenvalue weighted by Crippen LogP contribution is 2.25. The molecule has 1 N–H and O–H groups in total. The number of hydrogen-bond acceptors (Lipinski definition) is 6. The summed E-state index contributed by atoms with van der Waals surface area (Å²) in [6, 6.07) is 9.77. The number of alkyl halides is 1. The van der Waals surface area contributed by atoms with Gasteiger partial charge in [0.1, 0.15) is 17.5 Å². The fourth-order valence-corrected chi connectivity index (χ4v) is 2.72. The van der Waals surface area contributed by atoms with E-state index in [-0.39, 0.29) is 49.5 Å². The molecule has 0 heterocycles. The minimum Gasteiger partial charge on any atom is -0.464 e. The van der Waals surface area contributed by atoms with Gasteiger partial charge in [-0.25, -0.2) is 0 Å². The maximum Gasteiger partial charge on any atom is 0.320 e. The molecule has 7 heteroatoms. The quantitative estimate of drug-likeness (QED) is 0.382. The Morgan fingerprint density at radius 1 is 0.929 bits per heavy atom. The Balaban J connectivity index is 2.24. The van der Waals surface area contributed by atoms with Crippen molar-refractivity contribution in [3.05, 3.63) is 35.9 Å². The van der Waals surface area contributed by atoms with E-state index in [4.69, 9.17) is 14.2 Å². The van der Waals surface area contributed by atoms with Gasteiger partial charge in [-0.2, -0.15) is 0 Å². The lowest BCUT2D eigenvalue weighted by Gasteiger charge is -2.19. The van der Waals surface area contributed by atoms with E-state index in [1.165, 1.54) is 0 Å². The molecule has 1 aromatic rings. The summed E-state index contributed by atoms with van der Waals surface area (Å²) in [5, 5.41) is 9.76. The highest BCUT2D eigenvalue weighted by molar-refractivity contribution is 9.10. The average Bonchev–Trinajstić information content (AvgIpc) is 2.69. The molecule has 4 unspecified atom stereocenters. The van der Waals surface area contributed by atoms with Gasteiger partial charge in [0.15, 0.2) is 0 Å². The molecular formula is C21H31BrO6. The van der Waals surface area contributed by atoms with Crippen LogP contribution in [0, 0.1) is 11.8 Å². The number of benzene rings is 1. The number of carbonyl (C=O) groups is 2. The first-order chi connectivity index (χ1) is 13.2. The highest BCUT2D eigenvalue weighted by Gasteiger charge is 2.25. The van der Waals surface area contributed by atoms with E-state index in [2.05, 4.69) is 15.9 Å². The first-order valence-corrected chi connectivity index (χ1v) is 10.4. The van der Waals surface area contributed by atoms with Gasteiger partial charge in [-0.3, -0.25) is 9.59 Å². The van der Waals surface area contributed by atoms with Crippen molar-refractivity contribution in [1.82, 2.24) is 0 Å². The molecule has 1 rings (SSSR count). The zero-order valence-electron chi connectivity index (χ0n) is 17.0. The van der Waals surface area contributed by atoms with Crippen molar-refractivity contribution in [2.45, 2.75) is 44.5 Å². The lowest BCUT2D eigenvalue weighted by atomic mass is 9.98. The molecule has 0 saturated carbocycles. The summed E-state index contributed by atoms with van der Waals surface area (Å²) in [7, 11) is 0. The Hall–Kier alpha value is -1.44. The average molecular weight is 459 g/mol. The number of aliphatic hydroxyl groups excluding tert-OH is 1. The molecule has 0 aromatic heterocycles. The van der Waals surface area contributed by atoms with E-state index in [1.54, 1.807) is 13.8 Å². The van der Waals surface area contributed by atoms with E-state index >= 15 is 0 Å². The van der Waals surface area contributed by atoms with Crippen molar-refractivity contribution in [3.8, 4) is 0 Å². The van der Waals surface area contributed by atoms with Crippen molar-refractivity contribution < 1.29 is 28.9 Å². The third kappa shape index (κ3) is 9.17. The van der Waals surface area contributed by atoms with Crippen LogP contribution in [0.3, 0.4) is 0 Å². The van der Waals surface area contributed by atoms with E-state index in [0.717, 1.165) is 5.56 Å². The van der Waals surface area contributed by atoms with Crippen LogP contribution in [0.4, 0.5) is 0 Å². The molecule has 0 fully saturated rings. The molecular weight excluding hydrogens is 428 g/mol. The van der Waals surface area contributed by atoms with Gasteiger partial charge in [-0.05, 0) is 5.56 Å². The number of halogens is 1. The zero-order valence-corrected chi connectivity index (χ0v) is 18.6. The standard InChI is InChI=1S/C21H31BrO6/c1-14(2)20(24)28-13-18(23)12-26-10-15(3)11-27-21(25)19(22)16(4)17-8-6-5-7-9-17/h5-9,14-16,18-19,23H,10-13H2,1-4H3. The van der Waals surface area contributed by atoms with Gasteiger partial charge < -0.3 is 19.3 Å². The molecule has 0 aliphatic heterocycles. The van der Waals surface area contributed by atoms with Gasteiger partial charge in [0.2, 0.25) is 0 Å². The van der Waals surface area contributed by atoms with Crippen molar-refractivity contribution in [2.24, 2.45) is 11.8 Å². The molecule has 0 amide bonds. The SMILES string of the molecule is CC(COCC(O)COC(=O)C(C)C)COC(=O)C(Br)C(C)c1ccccc1. The summed E-state index contributed by atoms with van der Waals surface area (Å²) in [6.45, 7) is 7.82. The minimum absolute atomic E-state index is 0.0102. The molecule has 0 bridgehead atoms. The molecule has 0 radical (unpaired) electrons.